The number of rotatable bonds is 4. The van der Waals surface area contributed by atoms with Crippen LogP contribution in [-0.4, -0.2) is 27.2 Å². The Kier molecular flexibility index (Phi) is 3.73. The van der Waals surface area contributed by atoms with Gasteiger partial charge >= 0.3 is 0 Å². The Labute approximate surface area is 124 Å². The van der Waals surface area contributed by atoms with Crippen LogP contribution in [0.5, 0.6) is 0 Å². The van der Waals surface area contributed by atoms with E-state index in [1.54, 1.807) is 23.7 Å². The monoisotopic (exact) mass is 342 g/mol. The zero-order valence-corrected chi connectivity index (χ0v) is 13.0. The molecule has 5 nitrogen and oxygen atoms in total. The summed E-state index contributed by atoms with van der Waals surface area (Å²) in [5, 5.41) is 7.14. The standard InChI is InChI=1S/C13H16BrFN4O/c1-7(13(2,3)15)18-11-9(12(16)20)5-17-19-6-8(14)4-10(11)19/h4-7,18H,1-3H3,(H2,16,20)/t7-/m1/s1. The maximum absolute atomic E-state index is 14.0. The number of anilines is 1. The van der Waals surface area contributed by atoms with Crippen molar-refractivity contribution >= 4 is 33.0 Å². The lowest BCUT2D eigenvalue weighted by Gasteiger charge is -2.26. The third kappa shape index (κ3) is 2.77. The summed E-state index contributed by atoms with van der Waals surface area (Å²) in [5.41, 5.74) is 5.29. The largest absolute Gasteiger partial charge is 0.377 e. The Morgan fingerprint density at radius 2 is 2.25 bits per heavy atom. The van der Waals surface area contributed by atoms with Gasteiger partial charge in [0.25, 0.3) is 5.91 Å². The maximum atomic E-state index is 14.0. The van der Waals surface area contributed by atoms with Crippen LogP contribution in [0.4, 0.5) is 10.1 Å². The Morgan fingerprint density at radius 3 is 2.80 bits per heavy atom. The molecule has 20 heavy (non-hydrogen) atoms. The van der Waals surface area contributed by atoms with Gasteiger partial charge in [-0.3, -0.25) is 4.79 Å². The van der Waals surface area contributed by atoms with Crippen LogP contribution < -0.4 is 11.1 Å². The topological polar surface area (TPSA) is 72.4 Å². The van der Waals surface area contributed by atoms with Gasteiger partial charge in [-0.15, -0.1) is 0 Å². The predicted molar refractivity (Wildman–Crippen MR) is 79.7 cm³/mol. The van der Waals surface area contributed by atoms with E-state index in [1.807, 2.05) is 0 Å². The Balaban J connectivity index is 2.58. The van der Waals surface area contributed by atoms with E-state index in [4.69, 9.17) is 5.73 Å². The van der Waals surface area contributed by atoms with Crippen molar-refractivity contribution in [3.05, 3.63) is 28.5 Å². The van der Waals surface area contributed by atoms with Gasteiger partial charge in [-0.2, -0.15) is 5.10 Å². The number of primary amides is 1. The maximum Gasteiger partial charge on any atom is 0.252 e. The molecular formula is C13H16BrFN4O. The van der Waals surface area contributed by atoms with Crippen molar-refractivity contribution in [2.24, 2.45) is 5.73 Å². The molecule has 1 amide bonds. The van der Waals surface area contributed by atoms with Gasteiger partial charge in [0, 0.05) is 10.7 Å². The highest BCUT2D eigenvalue weighted by Crippen LogP contribution is 2.28. The molecule has 0 spiro atoms. The number of nitrogens with one attached hydrogen (secondary N) is 1. The van der Waals surface area contributed by atoms with Gasteiger partial charge in [-0.05, 0) is 42.8 Å². The summed E-state index contributed by atoms with van der Waals surface area (Å²) in [4.78, 5) is 11.5. The Morgan fingerprint density at radius 1 is 1.60 bits per heavy atom. The second-order valence-electron chi connectivity index (χ2n) is 5.22. The third-order valence-electron chi connectivity index (χ3n) is 3.26. The molecule has 7 heteroatoms. The van der Waals surface area contributed by atoms with E-state index in [2.05, 4.69) is 26.3 Å². The van der Waals surface area contributed by atoms with Gasteiger partial charge in [-0.1, -0.05) is 0 Å². The molecule has 108 valence electrons. The van der Waals surface area contributed by atoms with Gasteiger partial charge in [-0.25, -0.2) is 8.91 Å². The highest BCUT2D eigenvalue weighted by Gasteiger charge is 2.27. The Hall–Kier alpha value is -1.63. The van der Waals surface area contributed by atoms with Crippen LogP contribution in [0.2, 0.25) is 0 Å². The van der Waals surface area contributed by atoms with Crippen LogP contribution in [0.3, 0.4) is 0 Å². The number of fused-ring (bicyclic) bond motifs is 1. The molecule has 3 N–H and O–H groups in total. The van der Waals surface area contributed by atoms with Crippen LogP contribution in [-0.2, 0) is 0 Å². The molecule has 2 aromatic heterocycles. The van der Waals surface area contributed by atoms with Gasteiger partial charge in [0.2, 0.25) is 0 Å². The number of nitrogens with two attached hydrogens (primary N) is 1. The quantitative estimate of drug-likeness (QED) is 0.897. The highest BCUT2D eigenvalue weighted by molar-refractivity contribution is 9.10. The van der Waals surface area contributed by atoms with Crippen LogP contribution in [0.1, 0.15) is 31.1 Å². The second kappa shape index (κ2) is 5.05. The minimum absolute atomic E-state index is 0.235. The van der Waals surface area contributed by atoms with Crippen molar-refractivity contribution in [3.63, 3.8) is 0 Å². The van der Waals surface area contributed by atoms with Crippen molar-refractivity contribution in [3.8, 4) is 0 Å². The summed E-state index contributed by atoms with van der Waals surface area (Å²) >= 11 is 3.35. The summed E-state index contributed by atoms with van der Waals surface area (Å²) in [6, 6.07) is 1.29. The molecule has 0 aliphatic rings. The SMILES string of the molecule is C[C@@H](Nc1c(C(N)=O)cnn2cc(Br)cc12)C(C)(C)F. The molecule has 0 bridgehead atoms. The number of hydrogen-bond donors (Lipinski definition) is 2. The fourth-order valence-electron chi connectivity index (χ4n) is 1.75. The lowest BCUT2D eigenvalue weighted by atomic mass is 10.0. The molecule has 1 atom stereocenters. The molecule has 0 saturated heterocycles. The smallest absolute Gasteiger partial charge is 0.252 e. The molecule has 2 heterocycles. The van der Waals surface area contributed by atoms with E-state index in [1.165, 1.54) is 20.0 Å². The summed E-state index contributed by atoms with van der Waals surface area (Å²) in [6.07, 6.45) is 3.12. The molecule has 0 unspecified atom stereocenters. The van der Waals surface area contributed by atoms with E-state index in [9.17, 15) is 9.18 Å². The van der Waals surface area contributed by atoms with E-state index < -0.39 is 17.6 Å². The number of carbonyl (C=O) groups is 1. The first-order valence-corrected chi connectivity index (χ1v) is 6.91. The average molecular weight is 343 g/mol. The number of nitrogens with zero attached hydrogens (tertiary/aromatic N) is 2. The summed E-state index contributed by atoms with van der Waals surface area (Å²) in [7, 11) is 0. The van der Waals surface area contributed by atoms with E-state index in [0.717, 1.165) is 4.47 Å². The number of carbonyl (C=O) groups excluding carboxylic acids is 1. The van der Waals surface area contributed by atoms with Crippen LogP contribution in [0, 0.1) is 0 Å². The van der Waals surface area contributed by atoms with Crippen molar-refractivity contribution in [2.75, 3.05) is 5.32 Å². The van der Waals surface area contributed by atoms with Gasteiger partial charge < -0.3 is 11.1 Å². The van der Waals surface area contributed by atoms with E-state index >= 15 is 0 Å². The molecule has 0 radical (unpaired) electrons. The Bertz CT molecular complexity index is 662. The summed E-state index contributed by atoms with van der Waals surface area (Å²) in [6.45, 7) is 4.65. The van der Waals surface area contributed by atoms with Crippen molar-refractivity contribution in [2.45, 2.75) is 32.5 Å². The van der Waals surface area contributed by atoms with E-state index in [-0.39, 0.29) is 5.56 Å². The van der Waals surface area contributed by atoms with Gasteiger partial charge in [0.05, 0.1) is 29.0 Å². The minimum Gasteiger partial charge on any atom is -0.377 e. The molecule has 0 fully saturated rings. The first-order chi connectivity index (χ1) is 9.20. The first-order valence-electron chi connectivity index (χ1n) is 6.12. The zero-order valence-electron chi connectivity index (χ0n) is 11.4. The average Bonchev–Trinajstić information content (AvgIpc) is 2.68. The van der Waals surface area contributed by atoms with Gasteiger partial charge in [0.15, 0.2) is 0 Å². The molecule has 0 saturated carbocycles. The number of aromatic nitrogens is 2. The highest BCUT2D eigenvalue weighted by atomic mass is 79.9. The lowest BCUT2D eigenvalue weighted by molar-refractivity contribution is 0.1000. The number of alkyl halides is 1. The normalized spacial score (nSPS) is 13.4. The van der Waals surface area contributed by atoms with Crippen LogP contribution >= 0.6 is 15.9 Å². The molecule has 0 aromatic carbocycles. The van der Waals surface area contributed by atoms with Crippen molar-refractivity contribution in [1.29, 1.82) is 0 Å². The third-order valence-corrected chi connectivity index (χ3v) is 3.69. The van der Waals surface area contributed by atoms with E-state index in [0.29, 0.717) is 11.2 Å². The summed E-state index contributed by atoms with van der Waals surface area (Å²) < 4.78 is 16.4. The predicted octanol–water partition coefficient (Wildman–Crippen LogP) is 2.74. The zero-order chi connectivity index (χ0) is 15.1. The van der Waals surface area contributed by atoms with Crippen molar-refractivity contribution < 1.29 is 9.18 Å². The number of hydrogen-bond acceptors (Lipinski definition) is 3. The van der Waals surface area contributed by atoms with Gasteiger partial charge in [0.1, 0.15) is 5.67 Å². The fraction of sp³-hybridized carbons (Fsp3) is 0.385. The first kappa shape index (κ1) is 14.8. The second-order valence-corrected chi connectivity index (χ2v) is 6.13. The van der Waals surface area contributed by atoms with Crippen molar-refractivity contribution in [1.82, 2.24) is 9.61 Å². The molecule has 2 aromatic rings. The number of halogens is 2. The number of amides is 1. The molecule has 2 rings (SSSR count). The molecule has 0 aliphatic heterocycles. The lowest BCUT2D eigenvalue weighted by Crippen LogP contribution is -2.36. The molecular weight excluding hydrogens is 327 g/mol. The summed E-state index contributed by atoms with van der Waals surface area (Å²) in [5.74, 6) is -0.608. The minimum atomic E-state index is -1.45. The fourth-order valence-corrected chi connectivity index (χ4v) is 2.16. The van der Waals surface area contributed by atoms with Crippen LogP contribution in [0.15, 0.2) is 22.9 Å². The van der Waals surface area contributed by atoms with Crippen LogP contribution in [0.25, 0.3) is 5.52 Å². The molecule has 0 aliphatic carbocycles.